The van der Waals surface area contributed by atoms with Crippen LogP contribution in [0.25, 0.3) is 22.1 Å². The van der Waals surface area contributed by atoms with Crippen LogP contribution in [0.2, 0.25) is 0 Å². The van der Waals surface area contributed by atoms with Gasteiger partial charge < -0.3 is 9.52 Å². The van der Waals surface area contributed by atoms with Gasteiger partial charge in [-0.1, -0.05) is 30.3 Å². The largest absolute Gasteiger partial charge is 0.508 e. The van der Waals surface area contributed by atoms with Gasteiger partial charge in [-0.25, -0.2) is 0 Å². The van der Waals surface area contributed by atoms with Crippen molar-refractivity contribution < 1.29 is 9.52 Å². The maximum Gasteiger partial charge on any atom is 0.141 e. The maximum atomic E-state index is 9.73. The summed E-state index contributed by atoms with van der Waals surface area (Å²) in [5.41, 5.74) is 3.80. The third kappa shape index (κ3) is 1.50. The Morgan fingerprint density at radius 3 is 2.39 bits per heavy atom. The van der Waals surface area contributed by atoms with E-state index in [2.05, 4.69) is 12.1 Å². The standard InChI is InChI=1S/C16H14O2/c1-10-14(17)9-8-13-15(11(2)18-16(10)13)12-6-4-3-5-7-12/h3-9,17H,1-2H3. The van der Waals surface area contributed by atoms with E-state index >= 15 is 0 Å². The van der Waals surface area contributed by atoms with Crippen LogP contribution in [0.1, 0.15) is 11.3 Å². The van der Waals surface area contributed by atoms with Gasteiger partial charge in [0.2, 0.25) is 0 Å². The predicted molar refractivity (Wildman–Crippen MR) is 72.8 cm³/mol. The molecule has 2 heteroatoms. The monoisotopic (exact) mass is 238 g/mol. The average Bonchev–Trinajstić information content (AvgIpc) is 2.72. The summed E-state index contributed by atoms with van der Waals surface area (Å²) in [4.78, 5) is 0. The first-order chi connectivity index (χ1) is 8.68. The molecule has 1 aromatic heterocycles. The molecule has 18 heavy (non-hydrogen) atoms. The fourth-order valence-corrected chi connectivity index (χ4v) is 2.37. The van der Waals surface area contributed by atoms with E-state index < -0.39 is 0 Å². The van der Waals surface area contributed by atoms with Gasteiger partial charge in [-0.15, -0.1) is 0 Å². The SMILES string of the molecule is Cc1oc2c(C)c(O)ccc2c1-c1ccccc1. The summed E-state index contributed by atoms with van der Waals surface area (Å²) < 4.78 is 5.81. The Bertz CT molecular complexity index is 709. The van der Waals surface area contributed by atoms with Crippen LogP contribution in [0.4, 0.5) is 0 Å². The molecule has 0 aliphatic carbocycles. The van der Waals surface area contributed by atoms with Gasteiger partial charge in [0.1, 0.15) is 17.1 Å². The molecule has 0 unspecified atom stereocenters. The number of furan rings is 1. The van der Waals surface area contributed by atoms with Crippen molar-refractivity contribution in [3.05, 3.63) is 53.8 Å². The minimum Gasteiger partial charge on any atom is -0.508 e. The van der Waals surface area contributed by atoms with Crippen molar-refractivity contribution in [1.82, 2.24) is 0 Å². The zero-order chi connectivity index (χ0) is 12.7. The second kappa shape index (κ2) is 3.91. The van der Waals surface area contributed by atoms with Crippen molar-refractivity contribution in [2.75, 3.05) is 0 Å². The summed E-state index contributed by atoms with van der Waals surface area (Å²) in [7, 11) is 0. The summed E-state index contributed by atoms with van der Waals surface area (Å²) >= 11 is 0. The molecule has 0 amide bonds. The molecule has 0 atom stereocenters. The van der Waals surface area contributed by atoms with Crippen molar-refractivity contribution in [3.63, 3.8) is 0 Å². The fraction of sp³-hybridized carbons (Fsp3) is 0.125. The van der Waals surface area contributed by atoms with Crippen molar-refractivity contribution in [2.24, 2.45) is 0 Å². The Hall–Kier alpha value is -2.22. The molecule has 0 saturated carbocycles. The molecule has 2 nitrogen and oxygen atoms in total. The predicted octanol–water partition coefficient (Wildman–Crippen LogP) is 4.42. The summed E-state index contributed by atoms with van der Waals surface area (Å²) in [6.07, 6.45) is 0. The number of hydrogen-bond acceptors (Lipinski definition) is 2. The van der Waals surface area contributed by atoms with E-state index in [1.807, 2.05) is 38.1 Å². The quantitative estimate of drug-likeness (QED) is 0.680. The van der Waals surface area contributed by atoms with E-state index in [4.69, 9.17) is 4.42 Å². The highest BCUT2D eigenvalue weighted by atomic mass is 16.3. The number of aryl methyl sites for hydroxylation is 2. The van der Waals surface area contributed by atoms with Gasteiger partial charge in [-0.3, -0.25) is 0 Å². The molecule has 1 N–H and O–H groups in total. The van der Waals surface area contributed by atoms with Gasteiger partial charge >= 0.3 is 0 Å². The second-order valence-corrected chi connectivity index (χ2v) is 4.49. The summed E-state index contributed by atoms with van der Waals surface area (Å²) in [6, 6.07) is 13.8. The third-order valence-corrected chi connectivity index (χ3v) is 3.32. The van der Waals surface area contributed by atoms with Crippen LogP contribution < -0.4 is 0 Å². The summed E-state index contributed by atoms with van der Waals surface area (Å²) in [5.74, 6) is 1.15. The van der Waals surface area contributed by atoms with E-state index in [0.717, 1.165) is 33.4 Å². The molecule has 3 aromatic rings. The fourth-order valence-electron chi connectivity index (χ4n) is 2.37. The van der Waals surface area contributed by atoms with Gasteiger partial charge in [0.15, 0.2) is 0 Å². The summed E-state index contributed by atoms with van der Waals surface area (Å²) in [6.45, 7) is 3.83. The molecule has 1 heterocycles. The Morgan fingerprint density at radius 1 is 0.944 bits per heavy atom. The van der Waals surface area contributed by atoms with Gasteiger partial charge in [0, 0.05) is 16.5 Å². The number of fused-ring (bicyclic) bond motifs is 1. The number of phenolic OH excluding ortho intramolecular Hbond substituents is 1. The molecule has 0 aliphatic rings. The third-order valence-electron chi connectivity index (χ3n) is 3.32. The molecular formula is C16H14O2. The first-order valence-corrected chi connectivity index (χ1v) is 5.95. The van der Waals surface area contributed by atoms with Crippen molar-refractivity contribution in [2.45, 2.75) is 13.8 Å². The highest BCUT2D eigenvalue weighted by Gasteiger charge is 2.15. The average molecular weight is 238 g/mol. The van der Waals surface area contributed by atoms with Gasteiger partial charge in [-0.2, -0.15) is 0 Å². The lowest BCUT2D eigenvalue weighted by Crippen LogP contribution is -1.79. The highest BCUT2D eigenvalue weighted by Crippen LogP contribution is 2.38. The van der Waals surface area contributed by atoms with Crippen molar-refractivity contribution >= 4 is 11.0 Å². The number of hydrogen-bond donors (Lipinski definition) is 1. The van der Waals surface area contributed by atoms with Crippen LogP contribution in [0.5, 0.6) is 5.75 Å². The molecule has 0 fully saturated rings. The zero-order valence-electron chi connectivity index (χ0n) is 10.4. The zero-order valence-corrected chi connectivity index (χ0v) is 10.4. The van der Waals surface area contributed by atoms with E-state index in [9.17, 15) is 5.11 Å². The summed E-state index contributed by atoms with van der Waals surface area (Å²) in [5, 5.41) is 10.8. The minimum atomic E-state index is 0.274. The number of phenols is 1. The molecule has 0 aliphatic heterocycles. The molecule has 0 radical (unpaired) electrons. The smallest absolute Gasteiger partial charge is 0.141 e. The molecule has 0 bridgehead atoms. The van der Waals surface area contributed by atoms with Gasteiger partial charge in [0.25, 0.3) is 0 Å². The van der Waals surface area contributed by atoms with Crippen LogP contribution in [0, 0.1) is 13.8 Å². The van der Waals surface area contributed by atoms with E-state index in [1.165, 1.54) is 0 Å². The van der Waals surface area contributed by atoms with E-state index in [0.29, 0.717) is 0 Å². The highest BCUT2D eigenvalue weighted by molar-refractivity contribution is 5.97. The van der Waals surface area contributed by atoms with Crippen LogP contribution in [-0.4, -0.2) is 5.11 Å². The molecule has 0 spiro atoms. The number of benzene rings is 2. The first kappa shape index (κ1) is 10.9. The number of aromatic hydroxyl groups is 1. The Labute approximate surface area is 105 Å². The Balaban J connectivity index is 2.37. The van der Waals surface area contributed by atoms with E-state index in [1.54, 1.807) is 6.07 Å². The Morgan fingerprint density at radius 2 is 1.67 bits per heavy atom. The number of rotatable bonds is 1. The van der Waals surface area contributed by atoms with Crippen LogP contribution in [0.3, 0.4) is 0 Å². The lowest BCUT2D eigenvalue weighted by Gasteiger charge is -2.01. The van der Waals surface area contributed by atoms with Gasteiger partial charge in [-0.05, 0) is 31.5 Å². The molecular weight excluding hydrogens is 224 g/mol. The molecule has 0 saturated heterocycles. The van der Waals surface area contributed by atoms with Crippen molar-refractivity contribution in [3.8, 4) is 16.9 Å². The van der Waals surface area contributed by atoms with E-state index in [-0.39, 0.29) is 5.75 Å². The first-order valence-electron chi connectivity index (χ1n) is 5.95. The normalized spacial score (nSPS) is 11.0. The topological polar surface area (TPSA) is 33.4 Å². The van der Waals surface area contributed by atoms with Gasteiger partial charge in [0.05, 0.1) is 0 Å². The van der Waals surface area contributed by atoms with Crippen LogP contribution in [0.15, 0.2) is 46.9 Å². The molecule has 2 aromatic carbocycles. The maximum absolute atomic E-state index is 9.73. The van der Waals surface area contributed by atoms with Crippen LogP contribution in [-0.2, 0) is 0 Å². The molecule has 90 valence electrons. The molecule has 3 rings (SSSR count). The second-order valence-electron chi connectivity index (χ2n) is 4.49. The lowest BCUT2D eigenvalue weighted by atomic mass is 10.0. The van der Waals surface area contributed by atoms with Crippen LogP contribution >= 0.6 is 0 Å². The van der Waals surface area contributed by atoms with Crippen molar-refractivity contribution in [1.29, 1.82) is 0 Å². The minimum absolute atomic E-state index is 0.274. The lowest BCUT2D eigenvalue weighted by molar-refractivity contribution is 0.469. The Kier molecular flexibility index (Phi) is 2.37.